The molecule has 1 N–H and O–H groups in total. The van der Waals surface area contributed by atoms with Crippen LogP contribution in [0.5, 0.6) is 0 Å². The summed E-state index contributed by atoms with van der Waals surface area (Å²) in [5.41, 5.74) is 2.47. The molecule has 0 fully saturated rings. The van der Waals surface area contributed by atoms with E-state index in [4.69, 9.17) is 4.52 Å². The lowest BCUT2D eigenvalue weighted by Crippen LogP contribution is -2.04. The van der Waals surface area contributed by atoms with Crippen molar-refractivity contribution in [1.82, 2.24) is 25.1 Å². The Morgan fingerprint density at radius 2 is 2.28 bits per heavy atom. The van der Waals surface area contributed by atoms with Crippen molar-refractivity contribution in [3.05, 3.63) is 29.7 Å². The number of anilines is 1. The van der Waals surface area contributed by atoms with E-state index >= 15 is 0 Å². The summed E-state index contributed by atoms with van der Waals surface area (Å²) in [5.74, 6) is 0.858. The first-order valence-corrected chi connectivity index (χ1v) is 5.53. The normalized spacial score (nSPS) is 11.0. The molecule has 3 aromatic heterocycles. The van der Waals surface area contributed by atoms with Gasteiger partial charge in [0.25, 0.3) is 5.71 Å². The summed E-state index contributed by atoms with van der Waals surface area (Å²) in [4.78, 5) is 4.22. The van der Waals surface area contributed by atoms with E-state index in [1.165, 1.54) is 0 Å². The molecule has 92 valence electrons. The van der Waals surface area contributed by atoms with Crippen molar-refractivity contribution in [3.8, 4) is 0 Å². The first-order valence-electron chi connectivity index (χ1n) is 5.53. The van der Waals surface area contributed by atoms with Crippen molar-refractivity contribution in [2.24, 2.45) is 7.05 Å². The van der Waals surface area contributed by atoms with Crippen molar-refractivity contribution in [2.75, 3.05) is 5.32 Å². The Morgan fingerprint density at radius 1 is 1.39 bits per heavy atom. The minimum Gasteiger partial charge on any atom is -0.365 e. The highest BCUT2D eigenvalue weighted by molar-refractivity contribution is 5.76. The van der Waals surface area contributed by atoms with Gasteiger partial charge < -0.3 is 9.84 Å². The maximum Gasteiger partial charge on any atom is 0.257 e. The van der Waals surface area contributed by atoms with E-state index in [1.807, 2.05) is 20.0 Å². The van der Waals surface area contributed by atoms with E-state index in [9.17, 15) is 0 Å². The molecule has 3 heterocycles. The Kier molecular flexibility index (Phi) is 2.44. The van der Waals surface area contributed by atoms with Crippen LogP contribution in [0.1, 0.15) is 11.3 Å². The third kappa shape index (κ3) is 1.79. The Balaban J connectivity index is 1.82. The maximum atomic E-state index is 5.07. The quantitative estimate of drug-likeness (QED) is 0.747. The van der Waals surface area contributed by atoms with Crippen molar-refractivity contribution >= 4 is 16.9 Å². The van der Waals surface area contributed by atoms with E-state index in [-0.39, 0.29) is 0 Å². The first-order chi connectivity index (χ1) is 8.74. The van der Waals surface area contributed by atoms with Gasteiger partial charge in [-0.25, -0.2) is 9.67 Å². The van der Waals surface area contributed by atoms with Crippen molar-refractivity contribution in [2.45, 2.75) is 13.5 Å². The third-order valence-corrected chi connectivity index (χ3v) is 2.75. The van der Waals surface area contributed by atoms with Crippen LogP contribution >= 0.6 is 0 Å². The molecule has 7 heteroatoms. The van der Waals surface area contributed by atoms with Crippen molar-refractivity contribution in [1.29, 1.82) is 0 Å². The zero-order chi connectivity index (χ0) is 12.5. The van der Waals surface area contributed by atoms with Crippen LogP contribution in [0.2, 0.25) is 0 Å². The minimum atomic E-state index is 0.568. The number of hydrogen-bond donors (Lipinski definition) is 1. The summed E-state index contributed by atoms with van der Waals surface area (Å²) < 4.78 is 6.74. The van der Waals surface area contributed by atoms with Crippen molar-refractivity contribution in [3.63, 3.8) is 0 Å². The van der Waals surface area contributed by atoms with Gasteiger partial charge in [0.05, 0.1) is 17.3 Å². The molecule has 0 saturated carbocycles. The molecule has 0 radical (unpaired) electrons. The molecule has 3 aromatic rings. The van der Waals surface area contributed by atoms with Gasteiger partial charge in [0.1, 0.15) is 5.82 Å². The number of aromatic nitrogens is 5. The summed E-state index contributed by atoms with van der Waals surface area (Å²) in [6.07, 6.45) is 3.44. The molecule has 7 nitrogen and oxygen atoms in total. The predicted molar refractivity (Wildman–Crippen MR) is 64.9 cm³/mol. The van der Waals surface area contributed by atoms with Gasteiger partial charge in [0, 0.05) is 19.8 Å². The van der Waals surface area contributed by atoms with Crippen LogP contribution in [0.15, 0.2) is 23.0 Å². The molecule has 0 aliphatic carbocycles. The molecule has 0 unspecified atom stereocenters. The molecule has 0 bridgehead atoms. The van der Waals surface area contributed by atoms with Crippen LogP contribution in [0.4, 0.5) is 5.82 Å². The fraction of sp³-hybridized carbons (Fsp3) is 0.273. The van der Waals surface area contributed by atoms with Crippen LogP contribution in [-0.2, 0) is 13.6 Å². The lowest BCUT2D eigenvalue weighted by atomic mass is 10.2. The average Bonchev–Trinajstić information content (AvgIpc) is 2.94. The molecule has 0 aromatic carbocycles. The van der Waals surface area contributed by atoms with E-state index in [1.54, 1.807) is 17.1 Å². The van der Waals surface area contributed by atoms with Gasteiger partial charge in [-0.1, -0.05) is 10.4 Å². The fourth-order valence-corrected chi connectivity index (χ4v) is 1.73. The summed E-state index contributed by atoms with van der Waals surface area (Å²) in [5, 5.41) is 15.7. The van der Waals surface area contributed by atoms with E-state index in [2.05, 4.69) is 25.8 Å². The molecular formula is C11H12N6O. The van der Waals surface area contributed by atoms with Gasteiger partial charge in [-0.05, 0) is 18.6 Å². The second-order valence-corrected chi connectivity index (χ2v) is 4.06. The van der Waals surface area contributed by atoms with Crippen LogP contribution in [-0.4, -0.2) is 25.1 Å². The molecule has 0 aliphatic rings. The van der Waals surface area contributed by atoms with Crippen molar-refractivity contribution < 1.29 is 4.52 Å². The summed E-state index contributed by atoms with van der Waals surface area (Å²) in [7, 11) is 1.83. The van der Waals surface area contributed by atoms with Gasteiger partial charge in [-0.3, -0.25) is 0 Å². The number of nitrogens with one attached hydrogen (secondary N) is 1. The highest BCUT2D eigenvalue weighted by Gasteiger charge is 2.06. The van der Waals surface area contributed by atoms with Gasteiger partial charge in [-0.15, -0.1) is 5.10 Å². The lowest BCUT2D eigenvalue weighted by Gasteiger charge is -2.04. The second kappa shape index (κ2) is 4.10. The Hall–Kier alpha value is -2.44. The molecule has 0 saturated heterocycles. The van der Waals surface area contributed by atoms with Crippen LogP contribution in [0.25, 0.3) is 11.1 Å². The highest BCUT2D eigenvalue weighted by Crippen LogP contribution is 2.17. The molecule has 3 rings (SSSR count). The molecule has 18 heavy (non-hydrogen) atoms. The molecule has 0 spiro atoms. The van der Waals surface area contributed by atoms with E-state index in [0.717, 1.165) is 22.5 Å². The minimum absolute atomic E-state index is 0.568. The van der Waals surface area contributed by atoms with Crippen LogP contribution in [0.3, 0.4) is 0 Å². The molecule has 0 atom stereocenters. The molecule has 0 amide bonds. The number of hydrogen-bond acceptors (Lipinski definition) is 6. The topological polar surface area (TPSA) is 81.7 Å². The SMILES string of the molecule is Cc1noc2ncc(CNc3cnnn3C)cc12. The number of pyridine rings is 1. The third-order valence-electron chi connectivity index (χ3n) is 2.75. The van der Waals surface area contributed by atoms with E-state index < -0.39 is 0 Å². The molecule has 0 aliphatic heterocycles. The highest BCUT2D eigenvalue weighted by atomic mass is 16.5. The maximum absolute atomic E-state index is 5.07. The largest absolute Gasteiger partial charge is 0.365 e. The van der Waals surface area contributed by atoms with Gasteiger partial charge in [0.15, 0.2) is 0 Å². The molecular weight excluding hydrogens is 232 g/mol. The monoisotopic (exact) mass is 244 g/mol. The number of nitrogens with zero attached hydrogens (tertiary/aromatic N) is 5. The summed E-state index contributed by atoms with van der Waals surface area (Å²) in [6.45, 7) is 2.55. The Labute approximate surface area is 103 Å². The number of aryl methyl sites for hydroxylation is 2. The average molecular weight is 244 g/mol. The number of fused-ring (bicyclic) bond motifs is 1. The van der Waals surface area contributed by atoms with Crippen LogP contribution < -0.4 is 5.32 Å². The van der Waals surface area contributed by atoms with Gasteiger partial charge in [0.2, 0.25) is 0 Å². The first kappa shape index (κ1) is 10.7. The lowest BCUT2D eigenvalue weighted by molar-refractivity contribution is 0.443. The van der Waals surface area contributed by atoms with Gasteiger partial charge in [-0.2, -0.15) is 0 Å². The summed E-state index contributed by atoms with van der Waals surface area (Å²) in [6, 6.07) is 2.02. The smallest absolute Gasteiger partial charge is 0.257 e. The standard InChI is InChI=1S/C11H12N6O/c1-7-9-3-8(5-13-11(9)18-15-7)4-12-10-6-14-16-17(10)2/h3,5-6,12H,4H2,1-2H3. The summed E-state index contributed by atoms with van der Waals surface area (Å²) >= 11 is 0. The Morgan fingerprint density at radius 3 is 3.06 bits per heavy atom. The van der Waals surface area contributed by atoms with Crippen LogP contribution in [0, 0.1) is 6.92 Å². The second-order valence-electron chi connectivity index (χ2n) is 4.06. The number of rotatable bonds is 3. The zero-order valence-corrected chi connectivity index (χ0v) is 10.1. The predicted octanol–water partition coefficient (Wildman–Crippen LogP) is 1.27. The fourth-order valence-electron chi connectivity index (χ4n) is 1.73. The Bertz CT molecular complexity index is 686. The zero-order valence-electron chi connectivity index (χ0n) is 10.1. The van der Waals surface area contributed by atoms with Gasteiger partial charge >= 0.3 is 0 Å². The van der Waals surface area contributed by atoms with E-state index in [0.29, 0.717) is 12.3 Å².